The predicted molar refractivity (Wildman–Crippen MR) is 119 cm³/mol. The molecular weight excluding hydrogens is 394 g/mol. The Bertz CT molecular complexity index is 1120. The highest BCUT2D eigenvalue weighted by Gasteiger charge is 2.26. The van der Waals surface area contributed by atoms with E-state index in [9.17, 15) is 14.7 Å². The van der Waals surface area contributed by atoms with Crippen LogP contribution in [0.25, 0.3) is 10.9 Å². The van der Waals surface area contributed by atoms with E-state index in [0.29, 0.717) is 27.9 Å². The first kappa shape index (κ1) is 22.6. The lowest BCUT2D eigenvalue weighted by molar-refractivity contribution is -0.127. The molecule has 0 bridgehead atoms. The van der Waals surface area contributed by atoms with Crippen molar-refractivity contribution in [3.05, 3.63) is 53.5 Å². The molecule has 1 aromatic carbocycles. The maximum Gasteiger partial charge on any atom is 0.215 e. The molecule has 3 rings (SSSR count). The van der Waals surface area contributed by atoms with Gasteiger partial charge in [-0.2, -0.15) is 5.10 Å². The topological polar surface area (TPSA) is 94.3 Å². The average Bonchev–Trinajstić information content (AvgIpc) is 3.10. The number of aliphatic hydroxyl groups is 1. The number of rotatable bonds is 7. The van der Waals surface area contributed by atoms with Crippen LogP contribution in [0.15, 0.2) is 36.5 Å². The molecule has 0 aliphatic carbocycles. The fourth-order valence-electron chi connectivity index (χ4n) is 3.09. The van der Waals surface area contributed by atoms with Crippen LogP contribution in [-0.4, -0.2) is 45.2 Å². The molecule has 31 heavy (non-hydrogen) atoms. The average molecular weight is 424 g/mol. The molecule has 2 heterocycles. The van der Waals surface area contributed by atoms with E-state index in [1.807, 2.05) is 34.6 Å². The summed E-state index contributed by atoms with van der Waals surface area (Å²) in [7, 11) is 1.56. The number of benzene rings is 1. The molecule has 0 fully saturated rings. The number of Topliss-reactive ketones (excluding diaryl/α,β-unsaturated/α-hetero) is 1. The van der Waals surface area contributed by atoms with Crippen molar-refractivity contribution < 1.29 is 19.4 Å². The van der Waals surface area contributed by atoms with Gasteiger partial charge >= 0.3 is 0 Å². The van der Waals surface area contributed by atoms with Gasteiger partial charge in [-0.1, -0.05) is 34.6 Å². The van der Waals surface area contributed by atoms with Crippen molar-refractivity contribution in [3.8, 4) is 5.75 Å². The van der Waals surface area contributed by atoms with Gasteiger partial charge in [0.2, 0.25) is 5.78 Å². The van der Waals surface area contributed by atoms with Crippen LogP contribution in [0.2, 0.25) is 0 Å². The van der Waals surface area contributed by atoms with Gasteiger partial charge in [0.1, 0.15) is 18.0 Å². The van der Waals surface area contributed by atoms with Crippen LogP contribution < -0.4 is 4.74 Å². The van der Waals surface area contributed by atoms with E-state index in [1.165, 1.54) is 6.20 Å². The molecule has 0 radical (unpaired) electrons. The molecule has 0 saturated carbocycles. The first-order valence-corrected chi connectivity index (χ1v) is 10.2. The van der Waals surface area contributed by atoms with Crippen molar-refractivity contribution >= 4 is 22.5 Å². The Morgan fingerprint density at radius 2 is 1.81 bits per heavy atom. The van der Waals surface area contributed by atoms with Gasteiger partial charge in [-0.3, -0.25) is 19.3 Å². The Morgan fingerprint density at radius 3 is 2.35 bits per heavy atom. The van der Waals surface area contributed by atoms with Gasteiger partial charge in [0.05, 0.1) is 19.2 Å². The lowest BCUT2D eigenvalue weighted by Crippen LogP contribution is -2.25. The van der Waals surface area contributed by atoms with E-state index >= 15 is 0 Å². The van der Waals surface area contributed by atoms with Crippen molar-refractivity contribution in [1.29, 1.82) is 0 Å². The van der Waals surface area contributed by atoms with Gasteiger partial charge in [0.15, 0.2) is 5.78 Å². The molecule has 0 saturated heterocycles. The first-order valence-electron chi connectivity index (χ1n) is 10.2. The summed E-state index contributed by atoms with van der Waals surface area (Å²) in [6, 6.07) is 8.76. The second-order valence-corrected chi connectivity index (χ2v) is 9.37. The van der Waals surface area contributed by atoms with Crippen LogP contribution in [0.3, 0.4) is 0 Å². The second kappa shape index (κ2) is 8.23. The van der Waals surface area contributed by atoms with Gasteiger partial charge in [0, 0.05) is 39.7 Å². The van der Waals surface area contributed by atoms with Crippen LogP contribution in [0.5, 0.6) is 5.75 Å². The molecule has 0 spiro atoms. The summed E-state index contributed by atoms with van der Waals surface area (Å²) in [4.78, 5) is 30.3. The fraction of sp³-hybridized carbons (Fsp3) is 0.417. The number of ketones is 2. The molecule has 7 heteroatoms. The summed E-state index contributed by atoms with van der Waals surface area (Å²) in [5, 5.41) is 14.7. The van der Waals surface area contributed by atoms with E-state index in [-0.39, 0.29) is 30.4 Å². The SMILES string of the molecule is COc1ccc2c(C(=O)c3ccc(C(C)(C)CO)nc3)nn(CC(=O)C(C)(C)C)c2c1. The largest absolute Gasteiger partial charge is 0.497 e. The summed E-state index contributed by atoms with van der Waals surface area (Å²) >= 11 is 0. The van der Waals surface area contributed by atoms with E-state index in [0.717, 1.165) is 0 Å². The molecule has 0 unspecified atom stereocenters. The third kappa shape index (κ3) is 4.51. The molecule has 1 N–H and O–H groups in total. The van der Waals surface area contributed by atoms with Crippen LogP contribution in [-0.2, 0) is 16.8 Å². The first-order chi connectivity index (χ1) is 14.5. The monoisotopic (exact) mass is 423 g/mol. The van der Waals surface area contributed by atoms with Crippen molar-refractivity contribution in [3.63, 3.8) is 0 Å². The number of pyridine rings is 1. The Balaban J connectivity index is 2.05. The van der Waals surface area contributed by atoms with Crippen molar-refractivity contribution in [2.45, 2.75) is 46.6 Å². The third-order valence-electron chi connectivity index (χ3n) is 5.42. The molecule has 2 aromatic heterocycles. The zero-order chi connectivity index (χ0) is 23.0. The normalized spacial score (nSPS) is 12.2. The van der Waals surface area contributed by atoms with Crippen molar-refractivity contribution in [2.24, 2.45) is 5.41 Å². The minimum atomic E-state index is -0.527. The van der Waals surface area contributed by atoms with E-state index in [4.69, 9.17) is 4.74 Å². The molecule has 0 atom stereocenters. The van der Waals surface area contributed by atoms with Gasteiger partial charge < -0.3 is 9.84 Å². The Kier molecular flexibility index (Phi) is 6.00. The van der Waals surface area contributed by atoms with E-state index in [1.54, 1.807) is 42.1 Å². The molecule has 3 aromatic rings. The number of ether oxygens (including phenoxy) is 1. The van der Waals surface area contributed by atoms with Crippen LogP contribution in [0.4, 0.5) is 0 Å². The van der Waals surface area contributed by atoms with Gasteiger partial charge in [-0.25, -0.2) is 0 Å². The number of methoxy groups -OCH3 is 1. The third-order valence-corrected chi connectivity index (χ3v) is 5.42. The number of hydrogen-bond acceptors (Lipinski definition) is 6. The number of hydrogen-bond donors (Lipinski definition) is 1. The molecule has 164 valence electrons. The standard InChI is InChI=1S/C24H29N3O4/c1-23(2,3)20(29)13-27-18-11-16(31-6)8-9-17(18)21(26-27)22(30)15-7-10-19(25-12-15)24(4,5)14-28/h7-12,28H,13-14H2,1-6H3. The Labute approximate surface area is 182 Å². The zero-order valence-electron chi connectivity index (χ0n) is 18.9. The fourth-order valence-corrected chi connectivity index (χ4v) is 3.09. The lowest BCUT2D eigenvalue weighted by atomic mass is 9.89. The highest BCUT2D eigenvalue weighted by Crippen LogP contribution is 2.27. The molecule has 0 aliphatic rings. The molecule has 7 nitrogen and oxygen atoms in total. The Morgan fingerprint density at radius 1 is 1.10 bits per heavy atom. The molecule has 0 aliphatic heterocycles. The smallest absolute Gasteiger partial charge is 0.215 e. The van der Waals surface area contributed by atoms with Gasteiger partial charge in [-0.15, -0.1) is 0 Å². The highest BCUT2D eigenvalue weighted by atomic mass is 16.5. The van der Waals surface area contributed by atoms with Gasteiger partial charge in [-0.05, 0) is 24.3 Å². The van der Waals surface area contributed by atoms with Crippen LogP contribution >= 0.6 is 0 Å². The Hall–Kier alpha value is -3.06. The molecular formula is C24H29N3O4. The lowest BCUT2D eigenvalue weighted by Gasteiger charge is -2.20. The highest BCUT2D eigenvalue weighted by molar-refractivity contribution is 6.15. The number of carbonyl (C=O) groups is 2. The number of fused-ring (bicyclic) bond motifs is 1. The second-order valence-electron chi connectivity index (χ2n) is 9.37. The molecule has 0 amide bonds. The predicted octanol–water partition coefficient (Wildman–Crippen LogP) is 3.56. The summed E-state index contributed by atoms with van der Waals surface area (Å²) in [6.45, 7) is 9.34. The minimum absolute atomic E-state index is 0.0102. The number of nitrogens with zero attached hydrogens (tertiary/aromatic N) is 3. The minimum Gasteiger partial charge on any atom is -0.497 e. The summed E-state index contributed by atoms with van der Waals surface area (Å²) in [5.41, 5.74) is 0.978. The maximum atomic E-state index is 13.3. The van der Waals surface area contributed by atoms with Crippen molar-refractivity contribution in [1.82, 2.24) is 14.8 Å². The summed E-state index contributed by atoms with van der Waals surface area (Å²) in [6.07, 6.45) is 1.50. The number of carbonyl (C=O) groups excluding carboxylic acids is 2. The van der Waals surface area contributed by atoms with Gasteiger partial charge in [0.25, 0.3) is 0 Å². The van der Waals surface area contributed by atoms with Crippen molar-refractivity contribution in [2.75, 3.05) is 13.7 Å². The summed E-state index contributed by atoms with van der Waals surface area (Å²) < 4.78 is 6.88. The maximum absolute atomic E-state index is 13.3. The van der Waals surface area contributed by atoms with Crippen LogP contribution in [0.1, 0.15) is 56.4 Å². The summed E-state index contributed by atoms with van der Waals surface area (Å²) in [5.74, 6) is 0.349. The quantitative estimate of drug-likeness (QED) is 0.584. The number of aliphatic hydroxyl groups excluding tert-OH is 1. The van der Waals surface area contributed by atoms with E-state index < -0.39 is 10.8 Å². The number of aromatic nitrogens is 3. The zero-order valence-corrected chi connectivity index (χ0v) is 18.9. The van der Waals surface area contributed by atoms with E-state index in [2.05, 4.69) is 10.1 Å². The van der Waals surface area contributed by atoms with Crippen LogP contribution in [0, 0.1) is 5.41 Å².